The van der Waals surface area contributed by atoms with Gasteiger partial charge in [0.15, 0.2) is 5.75 Å². The zero-order valence-corrected chi connectivity index (χ0v) is 23.2. The van der Waals surface area contributed by atoms with Crippen LogP contribution in [0.25, 0.3) is 0 Å². The van der Waals surface area contributed by atoms with Crippen molar-refractivity contribution < 1.29 is 67.9 Å². The Morgan fingerprint density at radius 3 is 2.72 bits per heavy atom. The summed E-state index contributed by atoms with van der Waals surface area (Å²) in [6, 6.07) is 6.01. The summed E-state index contributed by atoms with van der Waals surface area (Å²) in [7, 11) is -4.34. The molecule has 5 N–H and O–H groups in total. The molecule has 36 heavy (non-hydrogen) atoms. The number of nitrogen functional groups attached to an aromatic ring is 1. The number of carbonyl (C=O) groups excluding carboxylic acids is 2. The van der Waals surface area contributed by atoms with Crippen LogP contribution in [0.5, 0.6) is 0 Å². The number of carbonyl (C=O) groups is 3. The molecule has 0 radical (unpaired) electrons. The SMILES string of the molecule is Nc1ccccc1CC(=O)NC1C(=O)N2C(C(=O)O)=C(CSc3nnc(CS(=O)(=O)O)o3)CS[C@H]12.[H-].[Na+]. The van der Waals surface area contributed by atoms with Gasteiger partial charge >= 0.3 is 35.5 Å². The van der Waals surface area contributed by atoms with Gasteiger partial charge in [-0.2, -0.15) is 8.42 Å². The van der Waals surface area contributed by atoms with Crippen LogP contribution in [0.3, 0.4) is 0 Å². The van der Waals surface area contributed by atoms with E-state index < -0.39 is 45.1 Å². The first kappa shape index (κ1) is 28.5. The minimum absolute atomic E-state index is 0. The van der Waals surface area contributed by atoms with Gasteiger partial charge in [0.2, 0.25) is 11.8 Å². The standard InChI is InChI=1S/C19H19N5O8S3.Na.H/c20-11-4-2-1-3-9(11)5-12(25)21-14-16(26)24-15(18(27)28)10(6-33-17(14)24)7-34-19-23-22-13(32-19)8-35(29,30)31;;/h1-4,14,17H,5-8,20H2,(H,21,25)(H,27,28)(H,29,30,31);;/q;+1;-1/t14?,17-;;/m1../s1. The molecule has 2 aliphatic heterocycles. The number of carboxylic acid groups (broad SMARTS) is 1. The number of anilines is 1. The quantitative estimate of drug-likeness (QED) is 0.0800. The van der Waals surface area contributed by atoms with Crippen molar-refractivity contribution in [3.8, 4) is 0 Å². The maximum Gasteiger partial charge on any atom is 1.00 e. The van der Waals surface area contributed by atoms with E-state index >= 15 is 0 Å². The van der Waals surface area contributed by atoms with E-state index in [-0.39, 0.29) is 65.7 Å². The fraction of sp³-hybridized carbons (Fsp3) is 0.316. The predicted molar refractivity (Wildman–Crippen MR) is 126 cm³/mol. The van der Waals surface area contributed by atoms with Gasteiger partial charge in [-0.25, -0.2) is 4.79 Å². The van der Waals surface area contributed by atoms with Crippen molar-refractivity contribution >= 4 is 57.1 Å². The topological polar surface area (TPSA) is 206 Å². The van der Waals surface area contributed by atoms with Crippen LogP contribution in [0.2, 0.25) is 0 Å². The summed E-state index contributed by atoms with van der Waals surface area (Å²) in [6.07, 6.45) is -0.0128. The molecule has 4 rings (SSSR count). The summed E-state index contributed by atoms with van der Waals surface area (Å²) in [4.78, 5) is 38.3. The third-order valence-electron chi connectivity index (χ3n) is 5.10. The fourth-order valence-electron chi connectivity index (χ4n) is 3.55. The van der Waals surface area contributed by atoms with E-state index in [1.54, 1.807) is 24.3 Å². The van der Waals surface area contributed by atoms with Gasteiger partial charge in [0.05, 0.1) is 6.42 Å². The number of fused-ring (bicyclic) bond motifs is 1. The van der Waals surface area contributed by atoms with Gasteiger partial charge in [0, 0.05) is 17.2 Å². The van der Waals surface area contributed by atoms with E-state index in [0.717, 1.165) is 16.7 Å². The molecule has 2 amide bonds. The number of nitrogens with two attached hydrogens (primary N) is 1. The van der Waals surface area contributed by atoms with Crippen LogP contribution in [0.4, 0.5) is 5.69 Å². The summed E-state index contributed by atoms with van der Waals surface area (Å²) < 4.78 is 35.8. The van der Waals surface area contributed by atoms with Gasteiger partial charge in [0.1, 0.15) is 17.1 Å². The number of nitrogens with zero attached hydrogens (tertiary/aromatic N) is 3. The molecule has 1 saturated heterocycles. The van der Waals surface area contributed by atoms with Crippen LogP contribution >= 0.6 is 23.5 Å². The number of para-hydroxylation sites is 1. The molecule has 1 unspecified atom stereocenters. The van der Waals surface area contributed by atoms with Crippen molar-refractivity contribution in [3.63, 3.8) is 0 Å². The predicted octanol–water partition coefficient (Wildman–Crippen LogP) is -2.77. The Balaban J connectivity index is 0.00000241. The molecule has 13 nitrogen and oxygen atoms in total. The van der Waals surface area contributed by atoms with Crippen molar-refractivity contribution in [3.05, 3.63) is 47.0 Å². The molecule has 17 heteroatoms. The van der Waals surface area contributed by atoms with E-state index in [0.29, 0.717) is 16.8 Å². The molecule has 1 aromatic heterocycles. The maximum atomic E-state index is 12.8. The van der Waals surface area contributed by atoms with E-state index in [1.165, 1.54) is 11.8 Å². The number of thioether (sulfide) groups is 2. The second-order valence-electron chi connectivity index (χ2n) is 7.56. The van der Waals surface area contributed by atoms with Crippen LogP contribution in [0.1, 0.15) is 12.9 Å². The summed E-state index contributed by atoms with van der Waals surface area (Å²) >= 11 is 2.27. The third kappa shape index (κ3) is 6.42. The van der Waals surface area contributed by atoms with Crippen molar-refractivity contribution in [1.29, 1.82) is 0 Å². The summed E-state index contributed by atoms with van der Waals surface area (Å²) in [5, 5.41) is 19.0. The Morgan fingerprint density at radius 1 is 1.33 bits per heavy atom. The molecule has 1 aromatic carbocycles. The Bertz CT molecular complexity index is 1340. The van der Waals surface area contributed by atoms with Gasteiger partial charge in [-0.3, -0.25) is 19.0 Å². The van der Waals surface area contributed by atoms with E-state index in [1.807, 2.05) is 0 Å². The van der Waals surface area contributed by atoms with Crippen LogP contribution in [-0.4, -0.2) is 73.9 Å². The van der Waals surface area contributed by atoms with Gasteiger partial charge in [0.25, 0.3) is 21.2 Å². The summed E-state index contributed by atoms with van der Waals surface area (Å²) in [5.74, 6) is -3.03. The molecule has 2 aliphatic rings. The van der Waals surface area contributed by atoms with E-state index in [4.69, 9.17) is 14.7 Å². The molecule has 3 heterocycles. The number of β-lactam (4-membered cyclic amide) rings is 1. The third-order valence-corrected chi connectivity index (χ3v) is 7.95. The van der Waals surface area contributed by atoms with Crippen LogP contribution in [-0.2, 0) is 36.7 Å². The van der Waals surface area contributed by atoms with Gasteiger partial charge in [-0.15, -0.1) is 22.0 Å². The minimum atomic E-state index is -4.34. The average Bonchev–Trinajstić information content (AvgIpc) is 3.22. The van der Waals surface area contributed by atoms with Crippen molar-refractivity contribution in [2.24, 2.45) is 0 Å². The van der Waals surface area contributed by atoms with Crippen molar-refractivity contribution in [2.45, 2.75) is 28.8 Å². The second kappa shape index (κ2) is 11.5. The van der Waals surface area contributed by atoms with Crippen molar-refractivity contribution in [2.75, 3.05) is 17.2 Å². The Kier molecular flexibility index (Phi) is 9.13. The largest absolute Gasteiger partial charge is 1.00 e. The smallest absolute Gasteiger partial charge is 1.00 e. The molecule has 0 bridgehead atoms. The number of hydrogen-bond acceptors (Lipinski definition) is 11. The van der Waals surface area contributed by atoms with Crippen LogP contribution in [0.15, 0.2) is 45.2 Å². The monoisotopic (exact) mass is 565 g/mol. The number of aliphatic carboxylic acids is 1. The number of amides is 2. The number of nitrogens with one attached hydrogen (secondary N) is 1. The average molecular weight is 566 g/mol. The zero-order chi connectivity index (χ0) is 25.3. The number of hydrogen-bond donors (Lipinski definition) is 4. The first-order chi connectivity index (χ1) is 16.5. The van der Waals surface area contributed by atoms with Crippen LogP contribution in [0, 0.1) is 0 Å². The van der Waals surface area contributed by atoms with Gasteiger partial charge in [-0.1, -0.05) is 30.0 Å². The normalized spacial score (nSPS) is 19.2. The van der Waals surface area contributed by atoms with Gasteiger partial charge in [-0.05, 0) is 17.2 Å². The minimum Gasteiger partial charge on any atom is -1.00 e. The molecule has 1 fully saturated rings. The molecule has 188 valence electrons. The first-order valence-electron chi connectivity index (χ1n) is 9.96. The molecular formula is C19H20N5NaO8S3. The Labute approximate surface area is 237 Å². The van der Waals surface area contributed by atoms with E-state index in [2.05, 4.69) is 15.5 Å². The molecule has 0 aliphatic carbocycles. The molecular weight excluding hydrogens is 545 g/mol. The Hall–Kier alpha value is -2.08. The zero-order valence-electron chi connectivity index (χ0n) is 19.8. The fourth-order valence-corrected chi connectivity index (χ4v) is 6.24. The van der Waals surface area contributed by atoms with Gasteiger partial charge < -0.3 is 22.0 Å². The maximum absolute atomic E-state index is 12.8. The number of carboxylic acids is 1. The van der Waals surface area contributed by atoms with E-state index in [9.17, 15) is 27.9 Å². The van der Waals surface area contributed by atoms with Crippen molar-refractivity contribution in [1.82, 2.24) is 20.4 Å². The molecule has 2 atom stereocenters. The number of rotatable bonds is 9. The summed E-state index contributed by atoms with van der Waals surface area (Å²) in [5.41, 5.74) is 7.19. The van der Waals surface area contributed by atoms with Crippen LogP contribution < -0.4 is 40.6 Å². The second-order valence-corrected chi connectivity index (χ2v) is 11.0. The Morgan fingerprint density at radius 2 is 2.06 bits per heavy atom. The molecule has 0 saturated carbocycles. The number of benzene rings is 1. The number of aromatic nitrogens is 2. The first-order valence-corrected chi connectivity index (χ1v) is 13.6. The summed E-state index contributed by atoms with van der Waals surface area (Å²) in [6.45, 7) is 0. The molecule has 2 aromatic rings. The molecule has 0 spiro atoms.